The molecule has 10 heteroatoms. The first-order valence-corrected chi connectivity index (χ1v) is 12.0. The number of nitrogens with zero attached hydrogens (tertiary/aromatic N) is 3. The van der Waals surface area contributed by atoms with E-state index in [0.717, 1.165) is 6.42 Å². The summed E-state index contributed by atoms with van der Waals surface area (Å²) in [5, 5.41) is 14.4. The molecule has 1 aromatic heterocycles. The lowest BCUT2D eigenvalue weighted by Crippen LogP contribution is -2.18. The Hall–Kier alpha value is -3.66. The first kappa shape index (κ1) is 25.0. The number of carbonyl (C=O) groups is 3. The van der Waals surface area contributed by atoms with Gasteiger partial charge in [0.15, 0.2) is 5.16 Å². The van der Waals surface area contributed by atoms with E-state index in [-0.39, 0.29) is 24.0 Å². The number of carbonyl (C=O) groups excluding carboxylic acids is 3. The molecule has 9 nitrogen and oxygen atoms in total. The van der Waals surface area contributed by atoms with E-state index >= 15 is 0 Å². The fourth-order valence-corrected chi connectivity index (χ4v) is 3.89. The van der Waals surface area contributed by atoms with E-state index in [1.165, 1.54) is 11.8 Å². The minimum atomic E-state index is -0.424. The lowest BCUT2D eigenvalue weighted by molar-refractivity contribution is -0.116. The Morgan fingerprint density at radius 1 is 0.941 bits per heavy atom. The summed E-state index contributed by atoms with van der Waals surface area (Å²) in [5.74, 6) is -0.249. The molecule has 0 fully saturated rings. The molecule has 2 aromatic carbocycles. The maximum Gasteiger partial charge on any atom is 0.338 e. The number of esters is 1. The van der Waals surface area contributed by atoms with Gasteiger partial charge >= 0.3 is 5.97 Å². The van der Waals surface area contributed by atoms with Crippen molar-refractivity contribution in [2.45, 2.75) is 38.4 Å². The second-order valence-corrected chi connectivity index (χ2v) is 8.23. The Bertz CT molecular complexity index is 1130. The summed E-state index contributed by atoms with van der Waals surface area (Å²) in [6.45, 7) is 4.76. The highest BCUT2D eigenvalue weighted by atomic mass is 32.2. The molecule has 0 aliphatic rings. The van der Waals surface area contributed by atoms with Crippen LogP contribution in [0.25, 0.3) is 0 Å². The molecule has 0 radical (unpaired) electrons. The highest BCUT2D eigenvalue weighted by molar-refractivity contribution is 7.99. The summed E-state index contributed by atoms with van der Waals surface area (Å²) in [7, 11) is 0. The zero-order valence-electron chi connectivity index (χ0n) is 19.1. The van der Waals surface area contributed by atoms with Gasteiger partial charge in [0.2, 0.25) is 11.8 Å². The molecule has 0 atom stereocenters. The monoisotopic (exact) mass is 481 g/mol. The number of rotatable bonds is 11. The molecule has 1 heterocycles. The number of benzene rings is 2. The summed E-state index contributed by atoms with van der Waals surface area (Å²) < 4.78 is 6.94. The molecule has 0 saturated heterocycles. The average molecular weight is 482 g/mol. The van der Waals surface area contributed by atoms with Gasteiger partial charge < -0.3 is 19.9 Å². The highest BCUT2D eigenvalue weighted by Gasteiger charge is 2.16. The van der Waals surface area contributed by atoms with Crippen molar-refractivity contribution in [1.29, 1.82) is 0 Å². The van der Waals surface area contributed by atoms with Crippen LogP contribution in [0.4, 0.5) is 11.4 Å². The molecule has 178 valence electrons. The van der Waals surface area contributed by atoms with Crippen molar-refractivity contribution in [2.75, 3.05) is 23.0 Å². The van der Waals surface area contributed by atoms with Gasteiger partial charge in [-0.3, -0.25) is 9.59 Å². The first-order chi connectivity index (χ1) is 16.5. The lowest BCUT2D eigenvalue weighted by Gasteiger charge is -2.09. The normalized spacial score (nSPS) is 10.5. The molecule has 2 amide bonds. The summed E-state index contributed by atoms with van der Waals surface area (Å²) in [5.41, 5.74) is 1.60. The molecule has 2 N–H and O–H groups in total. The Morgan fingerprint density at radius 3 is 2.41 bits per heavy atom. The number of hydrogen-bond donors (Lipinski definition) is 2. The first-order valence-electron chi connectivity index (χ1n) is 11.0. The Morgan fingerprint density at radius 2 is 1.68 bits per heavy atom. The second kappa shape index (κ2) is 12.5. The van der Waals surface area contributed by atoms with Crippen LogP contribution in [0.2, 0.25) is 0 Å². The van der Waals surface area contributed by atoms with Crippen molar-refractivity contribution in [3.05, 3.63) is 66.0 Å². The SMILES string of the molecule is CCCOC(=O)c1cccc(NC(=O)CSc2nnc(CC(=O)Nc3ccccc3)n2CC)c1. The zero-order valence-corrected chi connectivity index (χ0v) is 19.9. The fraction of sp³-hybridized carbons (Fsp3) is 0.292. The lowest BCUT2D eigenvalue weighted by atomic mass is 10.2. The van der Waals surface area contributed by atoms with Gasteiger partial charge in [-0.2, -0.15) is 0 Å². The van der Waals surface area contributed by atoms with Crippen LogP contribution in [0.1, 0.15) is 36.5 Å². The molecule has 0 saturated carbocycles. The van der Waals surface area contributed by atoms with E-state index in [1.807, 2.05) is 48.7 Å². The number of aromatic nitrogens is 3. The smallest absolute Gasteiger partial charge is 0.338 e. The average Bonchev–Trinajstić information content (AvgIpc) is 3.23. The molecule has 3 rings (SSSR count). The quantitative estimate of drug-likeness (QED) is 0.316. The van der Waals surface area contributed by atoms with E-state index in [1.54, 1.807) is 24.3 Å². The van der Waals surface area contributed by atoms with Crippen LogP contribution in [0, 0.1) is 0 Å². The van der Waals surface area contributed by atoms with Crippen molar-refractivity contribution in [2.24, 2.45) is 0 Å². The van der Waals surface area contributed by atoms with Gasteiger partial charge in [0.05, 0.1) is 24.3 Å². The Balaban J connectivity index is 1.55. The minimum absolute atomic E-state index is 0.0728. The maximum absolute atomic E-state index is 12.5. The number of nitrogens with one attached hydrogen (secondary N) is 2. The van der Waals surface area contributed by atoms with Crippen molar-refractivity contribution in [3.63, 3.8) is 0 Å². The summed E-state index contributed by atoms with van der Waals surface area (Å²) in [6.07, 6.45) is 0.810. The number of para-hydroxylation sites is 1. The van der Waals surface area contributed by atoms with Crippen LogP contribution in [-0.2, 0) is 27.3 Å². The van der Waals surface area contributed by atoms with Gasteiger partial charge in [-0.05, 0) is 43.7 Å². The van der Waals surface area contributed by atoms with Crippen LogP contribution in [0.3, 0.4) is 0 Å². The van der Waals surface area contributed by atoms with E-state index in [9.17, 15) is 14.4 Å². The highest BCUT2D eigenvalue weighted by Crippen LogP contribution is 2.19. The van der Waals surface area contributed by atoms with Crippen molar-refractivity contribution in [1.82, 2.24) is 14.8 Å². The van der Waals surface area contributed by atoms with Crippen molar-refractivity contribution < 1.29 is 19.1 Å². The second-order valence-electron chi connectivity index (χ2n) is 7.29. The van der Waals surface area contributed by atoms with Gasteiger partial charge in [-0.1, -0.05) is 43.0 Å². The van der Waals surface area contributed by atoms with Crippen LogP contribution in [0.5, 0.6) is 0 Å². The van der Waals surface area contributed by atoms with E-state index in [0.29, 0.717) is 41.1 Å². The van der Waals surface area contributed by atoms with Gasteiger partial charge in [0.25, 0.3) is 0 Å². The Kier molecular flexibility index (Phi) is 9.21. The van der Waals surface area contributed by atoms with Crippen LogP contribution >= 0.6 is 11.8 Å². The molecule has 3 aromatic rings. The largest absolute Gasteiger partial charge is 0.462 e. The number of anilines is 2. The molecule has 0 unspecified atom stereocenters. The predicted octanol–water partition coefficient (Wildman–Crippen LogP) is 3.78. The topological polar surface area (TPSA) is 115 Å². The number of thioether (sulfide) groups is 1. The molecule has 0 spiro atoms. The summed E-state index contributed by atoms with van der Waals surface area (Å²) in [6, 6.07) is 15.8. The minimum Gasteiger partial charge on any atom is -0.462 e. The zero-order chi connectivity index (χ0) is 24.3. The third-order valence-electron chi connectivity index (χ3n) is 4.64. The van der Waals surface area contributed by atoms with Gasteiger partial charge in [0, 0.05) is 17.9 Å². The Labute approximate surface area is 202 Å². The van der Waals surface area contributed by atoms with E-state index < -0.39 is 5.97 Å². The summed E-state index contributed by atoms with van der Waals surface area (Å²) in [4.78, 5) is 36.8. The summed E-state index contributed by atoms with van der Waals surface area (Å²) >= 11 is 1.23. The predicted molar refractivity (Wildman–Crippen MR) is 131 cm³/mol. The molecule has 0 aliphatic carbocycles. The third kappa shape index (κ3) is 7.17. The fourth-order valence-electron chi connectivity index (χ4n) is 3.07. The van der Waals surface area contributed by atoms with Crippen LogP contribution in [-0.4, -0.2) is 44.9 Å². The standard InChI is InChI=1S/C24H27N5O4S/c1-3-13-33-23(32)17-9-8-12-19(14-17)26-22(31)16-34-24-28-27-20(29(24)4-2)15-21(30)25-18-10-6-5-7-11-18/h5-12,14H,3-4,13,15-16H2,1-2H3,(H,25,30)(H,26,31). The molecular formula is C24H27N5O4S. The van der Waals surface area contributed by atoms with Crippen molar-refractivity contribution in [3.8, 4) is 0 Å². The van der Waals surface area contributed by atoms with Crippen LogP contribution in [0.15, 0.2) is 59.8 Å². The van der Waals surface area contributed by atoms with Gasteiger partial charge in [-0.15, -0.1) is 10.2 Å². The molecule has 0 bridgehead atoms. The molecule has 0 aliphatic heterocycles. The third-order valence-corrected chi connectivity index (χ3v) is 5.60. The number of amides is 2. The van der Waals surface area contributed by atoms with Gasteiger partial charge in [-0.25, -0.2) is 4.79 Å². The van der Waals surface area contributed by atoms with Crippen LogP contribution < -0.4 is 10.6 Å². The molecule has 34 heavy (non-hydrogen) atoms. The van der Waals surface area contributed by atoms with Crippen molar-refractivity contribution >= 4 is 40.9 Å². The van der Waals surface area contributed by atoms with E-state index in [2.05, 4.69) is 20.8 Å². The van der Waals surface area contributed by atoms with Gasteiger partial charge in [0.1, 0.15) is 5.82 Å². The molecular weight excluding hydrogens is 454 g/mol. The maximum atomic E-state index is 12.5. The number of hydrogen-bond acceptors (Lipinski definition) is 7. The van der Waals surface area contributed by atoms with E-state index in [4.69, 9.17) is 4.74 Å². The number of ether oxygens (including phenoxy) is 1.